The second kappa shape index (κ2) is 9.24. The Kier molecular flexibility index (Phi) is 7.31. The third-order valence-electron chi connectivity index (χ3n) is 4.44. The first kappa shape index (κ1) is 19.8. The summed E-state index contributed by atoms with van der Waals surface area (Å²) in [5.74, 6) is 1.80. The second-order valence-corrected chi connectivity index (χ2v) is 8.95. The Labute approximate surface area is 150 Å². The van der Waals surface area contributed by atoms with Crippen LogP contribution >= 0.6 is 0 Å². The van der Waals surface area contributed by atoms with Gasteiger partial charge < -0.3 is 15.1 Å². The van der Waals surface area contributed by atoms with Gasteiger partial charge in [0, 0.05) is 25.9 Å². The standard InChI is InChI=1S/C17H30N4O3S/c1-14(8-12-25(3,22)23)20-17(18-2)19-13-15(16-7-6-11-24-16)21-9-4-5-10-21/h6-7,11,14-15H,4-5,8-10,12-13H2,1-3H3,(H2,18,19,20). The van der Waals surface area contributed by atoms with Crippen LogP contribution in [-0.4, -0.2) is 64.0 Å². The number of nitrogens with zero attached hydrogens (tertiary/aromatic N) is 2. The molecule has 0 spiro atoms. The highest BCUT2D eigenvalue weighted by Crippen LogP contribution is 2.24. The van der Waals surface area contributed by atoms with Crippen molar-refractivity contribution in [3.05, 3.63) is 24.2 Å². The topological polar surface area (TPSA) is 86.9 Å². The number of sulfone groups is 1. The van der Waals surface area contributed by atoms with Crippen LogP contribution in [0, 0.1) is 0 Å². The fourth-order valence-electron chi connectivity index (χ4n) is 3.03. The molecule has 2 unspecified atom stereocenters. The minimum Gasteiger partial charge on any atom is -0.468 e. The Morgan fingerprint density at radius 1 is 1.40 bits per heavy atom. The Morgan fingerprint density at radius 3 is 2.68 bits per heavy atom. The van der Waals surface area contributed by atoms with Crippen molar-refractivity contribution in [1.82, 2.24) is 15.5 Å². The molecule has 0 bridgehead atoms. The van der Waals surface area contributed by atoms with Crippen LogP contribution in [0.2, 0.25) is 0 Å². The average Bonchev–Trinajstić information content (AvgIpc) is 3.25. The van der Waals surface area contributed by atoms with Crippen molar-refractivity contribution in [3.8, 4) is 0 Å². The molecule has 8 heteroatoms. The SMILES string of the molecule is CN=C(NCC(c1ccco1)N1CCCC1)NC(C)CCS(C)(=O)=O. The number of hydrogen-bond donors (Lipinski definition) is 2. The largest absolute Gasteiger partial charge is 0.468 e. The number of rotatable bonds is 8. The van der Waals surface area contributed by atoms with E-state index in [1.807, 2.05) is 19.1 Å². The van der Waals surface area contributed by atoms with Gasteiger partial charge in [-0.05, 0) is 51.4 Å². The predicted molar refractivity (Wildman–Crippen MR) is 101 cm³/mol. The van der Waals surface area contributed by atoms with Crippen molar-refractivity contribution < 1.29 is 12.8 Å². The average molecular weight is 371 g/mol. The molecule has 1 aromatic heterocycles. The van der Waals surface area contributed by atoms with Gasteiger partial charge in [-0.3, -0.25) is 9.89 Å². The molecule has 2 rings (SSSR count). The van der Waals surface area contributed by atoms with E-state index in [-0.39, 0.29) is 17.8 Å². The second-order valence-electron chi connectivity index (χ2n) is 6.69. The van der Waals surface area contributed by atoms with Gasteiger partial charge in [-0.25, -0.2) is 8.42 Å². The molecule has 1 aromatic rings. The maximum absolute atomic E-state index is 11.3. The normalized spacial score (nSPS) is 18.9. The van der Waals surface area contributed by atoms with Gasteiger partial charge in [0.15, 0.2) is 5.96 Å². The number of furan rings is 1. The molecule has 1 saturated heterocycles. The van der Waals surface area contributed by atoms with Crippen LogP contribution in [0.5, 0.6) is 0 Å². The van der Waals surface area contributed by atoms with E-state index >= 15 is 0 Å². The van der Waals surface area contributed by atoms with Gasteiger partial charge in [0.1, 0.15) is 15.6 Å². The molecule has 1 aliphatic heterocycles. The predicted octanol–water partition coefficient (Wildman–Crippen LogP) is 1.40. The molecule has 25 heavy (non-hydrogen) atoms. The van der Waals surface area contributed by atoms with Crippen molar-refractivity contribution in [2.45, 2.75) is 38.3 Å². The molecule has 0 amide bonds. The lowest BCUT2D eigenvalue weighted by Gasteiger charge is -2.27. The van der Waals surface area contributed by atoms with E-state index in [1.54, 1.807) is 13.3 Å². The summed E-state index contributed by atoms with van der Waals surface area (Å²) in [5.41, 5.74) is 0. The highest BCUT2D eigenvalue weighted by Gasteiger charge is 2.25. The lowest BCUT2D eigenvalue weighted by Crippen LogP contribution is -2.45. The molecule has 1 fully saturated rings. The van der Waals surface area contributed by atoms with Crippen LogP contribution in [0.25, 0.3) is 0 Å². The maximum atomic E-state index is 11.3. The van der Waals surface area contributed by atoms with E-state index < -0.39 is 9.84 Å². The van der Waals surface area contributed by atoms with Crippen molar-refractivity contribution in [2.75, 3.05) is 38.7 Å². The van der Waals surface area contributed by atoms with Gasteiger partial charge in [0.25, 0.3) is 0 Å². The highest BCUT2D eigenvalue weighted by molar-refractivity contribution is 7.90. The monoisotopic (exact) mass is 370 g/mol. The molecule has 2 N–H and O–H groups in total. The molecule has 0 saturated carbocycles. The third-order valence-corrected chi connectivity index (χ3v) is 5.42. The fourth-order valence-corrected chi connectivity index (χ4v) is 3.81. The Hall–Kier alpha value is -1.54. The van der Waals surface area contributed by atoms with Crippen molar-refractivity contribution in [3.63, 3.8) is 0 Å². The first-order chi connectivity index (χ1) is 11.9. The first-order valence-corrected chi connectivity index (χ1v) is 10.9. The van der Waals surface area contributed by atoms with Gasteiger partial charge in [-0.2, -0.15) is 0 Å². The number of nitrogens with one attached hydrogen (secondary N) is 2. The number of hydrogen-bond acceptors (Lipinski definition) is 5. The lowest BCUT2D eigenvalue weighted by atomic mass is 10.2. The molecular weight excluding hydrogens is 340 g/mol. The van der Waals surface area contributed by atoms with E-state index in [9.17, 15) is 8.42 Å². The Balaban J connectivity index is 1.89. The van der Waals surface area contributed by atoms with Crippen molar-refractivity contribution >= 4 is 15.8 Å². The summed E-state index contributed by atoms with van der Waals surface area (Å²) in [7, 11) is -1.23. The van der Waals surface area contributed by atoms with Crippen LogP contribution in [0.1, 0.15) is 38.0 Å². The molecule has 7 nitrogen and oxygen atoms in total. The first-order valence-electron chi connectivity index (χ1n) is 8.81. The molecule has 1 aliphatic rings. The van der Waals surface area contributed by atoms with Crippen LogP contribution in [-0.2, 0) is 9.84 Å². The van der Waals surface area contributed by atoms with Gasteiger partial charge >= 0.3 is 0 Å². The minimum atomic E-state index is -2.95. The summed E-state index contributed by atoms with van der Waals surface area (Å²) in [6, 6.07) is 4.12. The van der Waals surface area contributed by atoms with Crippen LogP contribution < -0.4 is 10.6 Å². The molecule has 0 radical (unpaired) electrons. The summed E-state index contributed by atoms with van der Waals surface area (Å²) in [5, 5.41) is 6.61. The third kappa shape index (κ3) is 6.70. The molecule has 2 heterocycles. The Morgan fingerprint density at radius 2 is 2.12 bits per heavy atom. The van der Waals surface area contributed by atoms with Crippen molar-refractivity contribution in [2.24, 2.45) is 4.99 Å². The zero-order chi connectivity index (χ0) is 18.3. The summed E-state index contributed by atoms with van der Waals surface area (Å²) in [6.07, 6.45) is 5.95. The summed E-state index contributed by atoms with van der Waals surface area (Å²) in [4.78, 5) is 6.67. The smallest absolute Gasteiger partial charge is 0.191 e. The van der Waals surface area contributed by atoms with Gasteiger partial charge in [0.05, 0.1) is 18.1 Å². The van der Waals surface area contributed by atoms with Crippen molar-refractivity contribution in [1.29, 1.82) is 0 Å². The van der Waals surface area contributed by atoms with Gasteiger partial charge in [0.2, 0.25) is 0 Å². The van der Waals surface area contributed by atoms with Gasteiger partial charge in [-0.1, -0.05) is 0 Å². The molecule has 142 valence electrons. The highest BCUT2D eigenvalue weighted by atomic mass is 32.2. The van der Waals surface area contributed by atoms with E-state index in [0.29, 0.717) is 18.9 Å². The van der Waals surface area contributed by atoms with Gasteiger partial charge in [-0.15, -0.1) is 0 Å². The summed E-state index contributed by atoms with van der Waals surface area (Å²) >= 11 is 0. The van der Waals surface area contributed by atoms with Crippen LogP contribution in [0.4, 0.5) is 0 Å². The summed E-state index contributed by atoms with van der Waals surface area (Å²) in [6.45, 7) is 4.79. The fraction of sp³-hybridized carbons (Fsp3) is 0.706. The minimum absolute atomic E-state index is 0.0229. The summed E-state index contributed by atoms with van der Waals surface area (Å²) < 4.78 is 28.2. The molecule has 0 aliphatic carbocycles. The van der Waals surface area contributed by atoms with Crippen LogP contribution in [0.3, 0.4) is 0 Å². The lowest BCUT2D eigenvalue weighted by molar-refractivity contribution is 0.215. The Bertz CT molecular complexity index is 637. The molecule has 2 atom stereocenters. The number of aliphatic imine (C=N–C) groups is 1. The van der Waals surface area contributed by atoms with E-state index in [2.05, 4.69) is 20.5 Å². The maximum Gasteiger partial charge on any atom is 0.191 e. The quantitative estimate of drug-likeness (QED) is 0.531. The number of likely N-dealkylation sites (tertiary alicyclic amines) is 1. The zero-order valence-electron chi connectivity index (χ0n) is 15.4. The number of guanidine groups is 1. The van der Waals surface area contributed by atoms with E-state index in [4.69, 9.17) is 4.42 Å². The zero-order valence-corrected chi connectivity index (χ0v) is 16.2. The van der Waals surface area contributed by atoms with E-state index in [1.165, 1.54) is 19.1 Å². The van der Waals surface area contributed by atoms with E-state index in [0.717, 1.165) is 18.8 Å². The molecular formula is C17H30N4O3S. The molecule has 0 aromatic carbocycles. The van der Waals surface area contributed by atoms with Crippen LogP contribution in [0.15, 0.2) is 27.8 Å².